The molecule has 5 rings (SSSR count). The van der Waals surface area contributed by atoms with Crippen LogP contribution in [0.2, 0.25) is 0 Å². The Balaban J connectivity index is 1.15. The standard InChI is InChI=1S/C40H30/c1-31-3-7-33(8-4-31)11-13-35-15-19-37(20-16-35)23-25-39-27-29-40(30-28-39)26-24-38-21-17-36(18-22-38)14-12-34-9-5-32(2)6-10-34/h3-10,15-30H,1-2H3/b25-23+,26-24+. The summed E-state index contributed by atoms with van der Waals surface area (Å²) >= 11 is 0. The first-order valence-corrected chi connectivity index (χ1v) is 13.4. The third kappa shape index (κ3) is 7.85. The second-order valence-electron chi connectivity index (χ2n) is 9.81. The van der Waals surface area contributed by atoms with Crippen molar-refractivity contribution in [1.29, 1.82) is 0 Å². The molecular formula is C40H30. The summed E-state index contributed by atoms with van der Waals surface area (Å²) in [5.74, 6) is 12.9. The Kier molecular flexibility index (Phi) is 8.54. The first-order chi connectivity index (χ1) is 19.6. The Hall–Kier alpha value is -5.30. The third-order valence-corrected chi connectivity index (χ3v) is 6.50. The van der Waals surface area contributed by atoms with Crippen molar-refractivity contribution in [3.05, 3.63) is 177 Å². The molecule has 0 atom stereocenters. The molecule has 0 radical (unpaired) electrons. The van der Waals surface area contributed by atoms with Gasteiger partial charge in [0, 0.05) is 22.3 Å². The Labute approximate surface area is 238 Å². The van der Waals surface area contributed by atoms with Crippen LogP contribution in [0.4, 0.5) is 0 Å². The summed E-state index contributed by atoms with van der Waals surface area (Å²) in [6, 6.07) is 41.8. The van der Waals surface area contributed by atoms with Crippen molar-refractivity contribution in [3.8, 4) is 23.7 Å². The van der Waals surface area contributed by atoms with Gasteiger partial charge in [0.15, 0.2) is 0 Å². The van der Waals surface area contributed by atoms with Crippen LogP contribution in [0.5, 0.6) is 0 Å². The van der Waals surface area contributed by atoms with Crippen molar-refractivity contribution < 1.29 is 0 Å². The van der Waals surface area contributed by atoms with Gasteiger partial charge in [0.1, 0.15) is 0 Å². The molecule has 0 saturated carbocycles. The molecule has 0 N–H and O–H groups in total. The molecular weight excluding hydrogens is 480 g/mol. The van der Waals surface area contributed by atoms with Crippen LogP contribution in [0, 0.1) is 37.5 Å². The Bertz CT molecular complexity index is 1600. The average molecular weight is 511 g/mol. The summed E-state index contributed by atoms with van der Waals surface area (Å²) in [7, 11) is 0. The summed E-state index contributed by atoms with van der Waals surface area (Å²) in [5, 5.41) is 0. The van der Waals surface area contributed by atoms with Gasteiger partial charge in [-0.05, 0) is 84.6 Å². The third-order valence-electron chi connectivity index (χ3n) is 6.50. The fraction of sp³-hybridized carbons (Fsp3) is 0.0500. The van der Waals surface area contributed by atoms with E-state index in [9.17, 15) is 0 Å². The molecule has 5 aromatic rings. The van der Waals surface area contributed by atoms with Gasteiger partial charge >= 0.3 is 0 Å². The number of hydrogen-bond donors (Lipinski definition) is 0. The van der Waals surface area contributed by atoms with Gasteiger partial charge in [0.05, 0.1) is 0 Å². The second-order valence-corrected chi connectivity index (χ2v) is 9.81. The molecule has 0 bridgehead atoms. The van der Waals surface area contributed by atoms with Crippen LogP contribution in [0.3, 0.4) is 0 Å². The highest BCUT2D eigenvalue weighted by Gasteiger charge is 1.94. The molecule has 40 heavy (non-hydrogen) atoms. The van der Waals surface area contributed by atoms with Crippen molar-refractivity contribution in [2.24, 2.45) is 0 Å². The monoisotopic (exact) mass is 510 g/mol. The van der Waals surface area contributed by atoms with Crippen LogP contribution in [-0.2, 0) is 0 Å². The summed E-state index contributed by atoms with van der Waals surface area (Å²) in [6.45, 7) is 4.17. The highest BCUT2D eigenvalue weighted by molar-refractivity contribution is 5.73. The van der Waals surface area contributed by atoms with Crippen LogP contribution in [0.25, 0.3) is 24.3 Å². The van der Waals surface area contributed by atoms with Crippen LogP contribution in [0.1, 0.15) is 55.6 Å². The SMILES string of the molecule is Cc1ccc(C#Cc2ccc(/C=C/c3ccc(/C=C/c4ccc(C#Cc5ccc(C)cc5)cc4)cc3)cc2)cc1. The summed E-state index contributed by atoms with van der Waals surface area (Å²) < 4.78 is 0. The minimum absolute atomic E-state index is 1.01. The molecule has 0 spiro atoms. The fourth-order valence-electron chi connectivity index (χ4n) is 4.02. The van der Waals surface area contributed by atoms with Crippen LogP contribution >= 0.6 is 0 Å². The summed E-state index contributed by atoms with van der Waals surface area (Å²) in [4.78, 5) is 0. The van der Waals surface area contributed by atoms with Crippen LogP contribution in [0.15, 0.2) is 121 Å². The van der Waals surface area contributed by atoms with Gasteiger partial charge in [-0.3, -0.25) is 0 Å². The molecule has 0 aromatic heterocycles. The van der Waals surface area contributed by atoms with E-state index in [0.717, 1.165) is 44.5 Å². The number of benzene rings is 5. The number of hydrogen-bond acceptors (Lipinski definition) is 0. The van der Waals surface area contributed by atoms with Gasteiger partial charge in [0.2, 0.25) is 0 Å². The van der Waals surface area contributed by atoms with E-state index >= 15 is 0 Å². The quantitative estimate of drug-likeness (QED) is 0.167. The van der Waals surface area contributed by atoms with Crippen LogP contribution < -0.4 is 0 Å². The molecule has 0 saturated heterocycles. The van der Waals surface area contributed by atoms with E-state index in [0.29, 0.717) is 0 Å². The second kappa shape index (κ2) is 13.0. The summed E-state index contributed by atoms with van der Waals surface area (Å²) in [5.41, 5.74) is 11.2. The topological polar surface area (TPSA) is 0 Å². The Morgan fingerprint density at radius 1 is 0.300 bits per heavy atom. The predicted molar refractivity (Wildman–Crippen MR) is 171 cm³/mol. The van der Waals surface area contributed by atoms with E-state index in [1.807, 2.05) is 0 Å². The number of rotatable bonds is 4. The normalized spacial score (nSPS) is 10.7. The van der Waals surface area contributed by atoms with Gasteiger partial charge < -0.3 is 0 Å². The van der Waals surface area contributed by atoms with Gasteiger partial charge in [-0.25, -0.2) is 0 Å². The van der Waals surface area contributed by atoms with E-state index in [2.05, 4.69) is 183 Å². The lowest BCUT2D eigenvalue weighted by molar-refractivity contribution is 1.46. The maximum absolute atomic E-state index is 3.24. The van der Waals surface area contributed by atoms with Crippen molar-refractivity contribution in [2.45, 2.75) is 13.8 Å². The fourth-order valence-corrected chi connectivity index (χ4v) is 4.02. The zero-order chi connectivity index (χ0) is 27.6. The van der Waals surface area contributed by atoms with E-state index in [4.69, 9.17) is 0 Å². The Morgan fingerprint density at radius 3 is 0.750 bits per heavy atom. The molecule has 0 aliphatic carbocycles. The molecule has 0 fully saturated rings. The van der Waals surface area contributed by atoms with E-state index < -0.39 is 0 Å². The highest BCUT2D eigenvalue weighted by atomic mass is 14.0. The van der Waals surface area contributed by atoms with Gasteiger partial charge in [-0.2, -0.15) is 0 Å². The lowest BCUT2D eigenvalue weighted by Crippen LogP contribution is -1.79. The first-order valence-electron chi connectivity index (χ1n) is 13.4. The van der Waals surface area contributed by atoms with Crippen molar-refractivity contribution in [2.75, 3.05) is 0 Å². The molecule has 0 heteroatoms. The first kappa shape index (κ1) is 26.3. The molecule has 0 aliphatic heterocycles. The molecule has 0 amide bonds. The number of aryl methyl sites for hydroxylation is 2. The van der Waals surface area contributed by atoms with Crippen molar-refractivity contribution >= 4 is 24.3 Å². The Morgan fingerprint density at radius 2 is 0.500 bits per heavy atom. The largest absolute Gasteiger partial charge is 0.0617 e. The molecule has 0 heterocycles. The highest BCUT2D eigenvalue weighted by Crippen LogP contribution is 2.14. The van der Waals surface area contributed by atoms with E-state index in [1.54, 1.807) is 0 Å². The lowest BCUT2D eigenvalue weighted by Gasteiger charge is -1.98. The van der Waals surface area contributed by atoms with E-state index in [-0.39, 0.29) is 0 Å². The van der Waals surface area contributed by atoms with Gasteiger partial charge in [-0.15, -0.1) is 0 Å². The zero-order valence-electron chi connectivity index (χ0n) is 22.9. The molecule has 0 aliphatic rings. The molecule has 0 unspecified atom stereocenters. The summed E-state index contributed by atoms with van der Waals surface area (Å²) in [6.07, 6.45) is 8.53. The van der Waals surface area contributed by atoms with Crippen molar-refractivity contribution in [1.82, 2.24) is 0 Å². The minimum Gasteiger partial charge on any atom is -0.0617 e. The minimum atomic E-state index is 1.01. The smallest absolute Gasteiger partial charge is 0.0249 e. The zero-order valence-corrected chi connectivity index (χ0v) is 22.9. The van der Waals surface area contributed by atoms with Gasteiger partial charge in [-0.1, -0.05) is 132 Å². The van der Waals surface area contributed by atoms with E-state index in [1.165, 1.54) is 11.1 Å². The van der Waals surface area contributed by atoms with Crippen molar-refractivity contribution in [3.63, 3.8) is 0 Å². The molecule has 5 aromatic carbocycles. The maximum atomic E-state index is 3.24. The van der Waals surface area contributed by atoms with Gasteiger partial charge in [0.25, 0.3) is 0 Å². The predicted octanol–water partition coefficient (Wildman–Crippen LogP) is 9.44. The average Bonchev–Trinajstić information content (AvgIpc) is 3.00. The molecule has 0 nitrogen and oxygen atoms in total. The van der Waals surface area contributed by atoms with Crippen LogP contribution in [-0.4, -0.2) is 0 Å². The maximum Gasteiger partial charge on any atom is 0.0249 e. The molecule has 190 valence electrons. The lowest BCUT2D eigenvalue weighted by atomic mass is 10.1.